The Morgan fingerprint density at radius 1 is 1.25 bits per heavy atom. The predicted octanol–water partition coefficient (Wildman–Crippen LogP) is 3.84. The first kappa shape index (κ1) is 11.7. The van der Waals surface area contributed by atoms with Crippen molar-refractivity contribution in [3.63, 3.8) is 0 Å². The molecule has 1 heteroatoms. The first-order valence-electron chi connectivity index (χ1n) is 6.61. The van der Waals surface area contributed by atoms with Gasteiger partial charge in [0.2, 0.25) is 0 Å². The van der Waals surface area contributed by atoms with Crippen LogP contribution in [-0.4, -0.2) is 6.54 Å². The Kier molecular flexibility index (Phi) is 4.00. The van der Waals surface area contributed by atoms with E-state index in [1.165, 1.54) is 36.8 Å². The van der Waals surface area contributed by atoms with E-state index in [9.17, 15) is 0 Å². The van der Waals surface area contributed by atoms with Crippen LogP contribution >= 0.6 is 0 Å². The molecule has 1 aromatic rings. The maximum atomic E-state index is 3.71. The van der Waals surface area contributed by atoms with E-state index in [0.29, 0.717) is 6.04 Å². The van der Waals surface area contributed by atoms with Gasteiger partial charge in [-0.2, -0.15) is 0 Å². The van der Waals surface area contributed by atoms with Crippen LogP contribution in [0.15, 0.2) is 24.3 Å². The van der Waals surface area contributed by atoms with Crippen LogP contribution in [-0.2, 0) is 0 Å². The summed E-state index contributed by atoms with van der Waals surface area (Å²) in [4.78, 5) is 0. The minimum atomic E-state index is 0.592. The fraction of sp³-hybridized carbons (Fsp3) is 0.600. The molecule has 16 heavy (non-hydrogen) atoms. The molecule has 1 aromatic carbocycles. The van der Waals surface area contributed by atoms with Gasteiger partial charge in [0.05, 0.1) is 0 Å². The monoisotopic (exact) mass is 217 g/mol. The van der Waals surface area contributed by atoms with E-state index in [1.54, 1.807) is 0 Å². The molecule has 1 unspecified atom stereocenters. The molecule has 0 bridgehead atoms. The Labute approximate surface area is 99.3 Å². The highest BCUT2D eigenvalue weighted by atomic mass is 14.9. The zero-order valence-electron chi connectivity index (χ0n) is 10.5. The van der Waals surface area contributed by atoms with Crippen molar-refractivity contribution in [3.8, 4) is 0 Å². The van der Waals surface area contributed by atoms with Crippen molar-refractivity contribution in [2.45, 2.75) is 45.6 Å². The first-order chi connectivity index (χ1) is 7.81. The Morgan fingerprint density at radius 2 is 1.94 bits per heavy atom. The van der Waals surface area contributed by atoms with Crippen LogP contribution in [0.1, 0.15) is 49.8 Å². The van der Waals surface area contributed by atoms with E-state index in [-0.39, 0.29) is 0 Å². The maximum Gasteiger partial charge on any atom is 0.0348 e. The Morgan fingerprint density at radius 3 is 2.44 bits per heavy atom. The predicted molar refractivity (Wildman–Crippen MR) is 69.6 cm³/mol. The van der Waals surface area contributed by atoms with Crippen LogP contribution in [0.5, 0.6) is 0 Å². The van der Waals surface area contributed by atoms with Crippen molar-refractivity contribution in [1.29, 1.82) is 0 Å². The SMILES string of the molecule is CCCNC(c1ccc(C)cc1)C1CCC1. The molecule has 1 atom stereocenters. The van der Waals surface area contributed by atoms with Gasteiger partial charge in [0.1, 0.15) is 0 Å². The standard InChI is InChI=1S/C15H23N/c1-3-11-16-15(13-5-4-6-13)14-9-7-12(2)8-10-14/h7-10,13,15-16H,3-6,11H2,1-2H3. The second-order valence-corrected chi connectivity index (χ2v) is 5.03. The molecular formula is C15H23N. The Bertz CT molecular complexity index is 311. The van der Waals surface area contributed by atoms with Gasteiger partial charge in [-0.05, 0) is 44.2 Å². The molecule has 1 nitrogen and oxygen atoms in total. The third-order valence-corrected chi connectivity index (χ3v) is 3.67. The largest absolute Gasteiger partial charge is 0.310 e. The van der Waals surface area contributed by atoms with Gasteiger partial charge in [-0.3, -0.25) is 0 Å². The zero-order chi connectivity index (χ0) is 11.4. The summed E-state index contributed by atoms with van der Waals surface area (Å²) in [5.41, 5.74) is 2.83. The highest BCUT2D eigenvalue weighted by molar-refractivity contribution is 5.25. The lowest BCUT2D eigenvalue weighted by Crippen LogP contribution is -2.32. The molecule has 0 radical (unpaired) electrons. The third kappa shape index (κ3) is 2.65. The lowest BCUT2D eigenvalue weighted by atomic mass is 9.77. The molecule has 1 aliphatic rings. The summed E-state index contributed by atoms with van der Waals surface area (Å²) in [7, 11) is 0. The van der Waals surface area contributed by atoms with Crippen molar-refractivity contribution >= 4 is 0 Å². The van der Waals surface area contributed by atoms with Crippen molar-refractivity contribution < 1.29 is 0 Å². The van der Waals surface area contributed by atoms with Gasteiger partial charge in [-0.1, -0.05) is 43.2 Å². The molecule has 1 saturated carbocycles. The summed E-state index contributed by atoms with van der Waals surface area (Å²) in [5.74, 6) is 0.870. The van der Waals surface area contributed by atoms with Gasteiger partial charge in [-0.25, -0.2) is 0 Å². The summed E-state index contributed by atoms with van der Waals surface area (Å²) >= 11 is 0. The molecular weight excluding hydrogens is 194 g/mol. The summed E-state index contributed by atoms with van der Waals surface area (Å²) in [6.07, 6.45) is 5.43. The van der Waals surface area contributed by atoms with Gasteiger partial charge in [0, 0.05) is 6.04 Å². The van der Waals surface area contributed by atoms with Crippen molar-refractivity contribution in [3.05, 3.63) is 35.4 Å². The molecule has 1 fully saturated rings. The molecule has 1 aliphatic carbocycles. The number of hydrogen-bond acceptors (Lipinski definition) is 1. The number of nitrogens with one attached hydrogen (secondary N) is 1. The lowest BCUT2D eigenvalue weighted by molar-refractivity contribution is 0.231. The smallest absolute Gasteiger partial charge is 0.0348 e. The Balaban J connectivity index is 2.07. The lowest BCUT2D eigenvalue weighted by Gasteiger charge is -2.35. The highest BCUT2D eigenvalue weighted by Crippen LogP contribution is 2.37. The molecule has 0 aromatic heterocycles. The highest BCUT2D eigenvalue weighted by Gasteiger charge is 2.27. The zero-order valence-corrected chi connectivity index (χ0v) is 10.5. The second kappa shape index (κ2) is 5.49. The minimum absolute atomic E-state index is 0.592. The molecule has 0 amide bonds. The number of benzene rings is 1. The quantitative estimate of drug-likeness (QED) is 0.790. The summed E-state index contributed by atoms with van der Waals surface area (Å²) in [6, 6.07) is 9.64. The molecule has 88 valence electrons. The maximum absolute atomic E-state index is 3.71. The summed E-state index contributed by atoms with van der Waals surface area (Å²) in [5, 5.41) is 3.71. The van der Waals surface area contributed by atoms with E-state index >= 15 is 0 Å². The van der Waals surface area contributed by atoms with E-state index in [2.05, 4.69) is 43.4 Å². The first-order valence-corrected chi connectivity index (χ1v) is 6.61. The van der Waals surface area contributed by atoms with Gasteiger partial charge in [0.25, 0.3) is 0 Å². The fourth-order valence-electron chi connectivity index (χ4n) is 2.40. The average Bonchev–Trinajstić information content (AvgIpc) is 2.23. The van der Waals surface area contributed by atoms with E-state index < -0.39 is 0 Å². The van der Waals surface area contributed by atoms with Crippen LogP contribution < -0.4 is 5.32 Å². The fourth-order valence-corrected chi connectivity index (χ4v) is 2.40. The molecule has 0 heterocycles. The van der Waals surface area contributed by atoms with E-state index in [4.69, 9.17) is 0 Å². The van der Waals surface area contributed by atoms with Crippen molar-refractivity contribution in [2.75, 3.05) is 6.54 Å². The van der Waals surface area contributed by atoms with Gasteiger partial charge in [-0.15, -0.1) is 0 Å². The van der Waals surface area contributed by atoms with Gasteiger partial charge >= 0.3 is 0 Å². The summed E-state index contributed by atoms with van der Waals surface area (Å²) in [6.45, 7) is 5.52. The van der Waals surface area contributed by atoms with Gasteiger partial charge < -0.3 is 5.32 Å². The van der Waals surface area contributed by atoms with Crippen molar-refractivity contribution in [2.24, 2.45) is 5.92 Å². The molecule has 0 spiro atoms. The van der Waals surface area contributed by atoms with Crippen molar-refractivity contribution in [1.82, 2.24) is 5.32 Å². The van der Waals surface area contributed by atoms with Gasteiger partial charge in [0.15, 0.2) is 0 Å². The van der Waals surface area contributed by atoms with Crippen LogP contribution in [0.4, 0.5) is 0 Å². The number of rotatable bonds is 5. The molecule has 0 aliphatic heterocycles. The second-order valence-electron chi connectivity index (χ2n) is 5.03. The Hall–Kier alpha value is -0.820. The van der Waals surface area contributed by atoms with Crippen LogP contribution in [0.25, 0.3) is 0 Å². The van der Waals surface area contributed by atoms with Crippen LogP contribution in [0.2, 0.25) is 0 Å². The number of aryl methyl sites for hydroxylation is 1. The number of hydrogen-bond donors (Lipinski definition) is 1. The average molecular weight is 217 g/mol. The summed E-state index contributed by atoms with van der Waals surface area (Å²) < 4.78 is 0. The van der Waals surface area contributed by atoms with E-state index in [0.717, 1.165) is 12.5 Å². The minimum Gasteiger partial charge on any atom is -0.310 e. The molecule has 2 rings (SSSR count). The normalized spacial score (nSPS) is 18.1. The van der Waals surface area contributed by atoms with Crippen LogP contribution in [0.3, 0.4) is 0 Å². The third-order valence-electron chi connectivity index (χ3n) is 3.67. The van der Waals surface area contributed by atoms with Crippen LogP contribution in [0, 0.1) is 12.8 Å². The molecule has 1 N–H and O–H groups in total. The topological polar surface area (TPSA) is 12.0 Å². The van der Waals surface area contributed by atoms with E-state index in [1.807, 2.05) is 0 Å². The molecule has 0 saturated heterocycles.